The molecule has 9 heteroatoms. The van der Waals surface area contributed by atoms with E-state index in [1.165, 1.54) is 30.6 Å². The summed E-state index contributed by atoms with van der Waals surface area (Å²) in [5.41, 5.74) is 2.17. The van der Waals surface area contributed by atoms with Crippen LogP contribution in [-0.4, -0.2) is 26.1 Å². The van der Waals surface area contributed by atoms with Crippen LogP contribution in [0.4, 0.5) is 24.7 Å². The van der Waals surface area contributed by atoms with E-state index >= 15 is 0 Å². The van der Waals surface area contributed by atoms with Crippen molar-refractivity contribution in [2.45, 2.75) is 12.9 Å². The van der Waals surface area contributed by atoms with Crippen molar-refractivity contribution in [3.63, 3.8) is 0 Å². The molecule has 0 radical (unpaired) electrons. The Kier molecular flexibility index (Phi) is 4.56. The third-order valence-electron chi connectivity index (χ3n) is 3.90. The minimum Gasteiger partial charge on any atom is -0.406 e. The van der Waals surface area contributed by atoms with E-state index in [-0.39, 0.29) is 5.75 Å². The number of nitrogens with zero attached hydrogens (tertiary/aromatic N) is 4. The fourth-order valence-corrected chi connectivity index (χ4v) is 2.71. The van der Waals surface area contributed by atoms with Crippen molar-refractivity contribution >= 4 is 22.5 Å². The second-order valence-corrected chi connectivity index (χ2v) is 5.97. The molecule has 0 saturated heterocycles. The van der Waals surface area contributed by atoms with E-state index in [4.69, 9.17) is 0 Å². The van der Waals surface area contributed by atoms with Gasteiger partial charge in [-0.2, -0.15) is 5.10 Å². The average Bonchev–Trinajstić information content (AvgIpc) is 3.06. The Morgan fingerprint density at radius 3 is 2.43 bits per heavy atom. The van der Waals surface area contributed by atoms with Gasteiger partial charge < -0.3 is 10.1 Å². The quantitative estimate of drug-likeness (QED) is 0.547. The van der Waals surface area contributed by atoms with E-state index in [1.807, 2.05) is 36.5 Å². The van der Waals surface area contributed by atoms with Gasteiger partial charge in [-0.05, 0) is 29.8 Å². The predicted octanol–water partition coefficient (Wildman–Crippen LogP) is 4.52. The summed E-state index contributed by atoms with van der Waals surface area (Å²) >= 11 is 0. The summed E-state index contributed by atoms with van der Waals surface area (Å²) in [5, 5.41) is 8.22. The fraction of sp³-hybridized carbons (Fsp3) is 0.105. The zero-order valence-corrected chi connectivity index (χ0v) is 14.4. The van der Waals surface area contributed by atoms with E-state index in [0.717, 1.165) is 5.56 Å². The molecule has 2 aromatic heterocycles. The number of ether oxygens (including phenoxy) is 1. The SMILES string of the molecule is FC(F)(F)Oc1ccc(Nc2ncnc3nn(Cc4ccccc4)cc23)cc1. The largest absolute Gasteiger partial charge is 0.573 e. The van der Waals surface area contributed by atoms with Crippen molar-refractivity contribution in [1.29, 1.82) is 0 Å². The number of hydrogen-bond donors (Lipinski definition) is 1. The molecule has 0 aliphatic rings. The highest BCUT2D eigenvalue weighted by Gasteiger charge is 2.30. The number of halogens is 3. The molecule has 0 atom stereocenters. The third kappa shape index (κ3) is 4.20. The number of aromatic nitrogens is 4. The maximum Gasteiger partial charge on any atom is 0.573 e. The zero-order valence-electron chi connectivity index (χ0n) is 14.4. The summed E-state index contributed by atoms with van der Waals surface area (Å²) in [7, 11) is 0. The van der Waals surface area contributed by atoms with Crippen LogP contribution in [0.3, 0.4) is 0 Å². The highest BCUT2D eigenvalue weighted by atomic mass is 19.4. The van der Waals surface area contributed by atoms with Gasteiger partial charge in [0.25, 0.3) is 0 Å². The highest BCUT2D eigenvalue weighted by Crippen LogP contribution is 2.26. The molecule has 6 nitrogen and oxygen atoms in total. The molecule has 0 saturated carbocycles. The van der Waals surface area contributed by atoms with Crippen LogP contribution in [-0.2, 0) is 6.54 Å². The standard InChI is InChI=1S/C19H14F3N5O/c20-19(21,22)28-15-8-6-14(7-9-15)25-17-16-11-27(26-18(16)24-12-23-17)10-13-4-2-1-3-5-13/h1-9,11-12H,10H2,(H,23,24,25,26). The van der Waals surface area contributed by atoms with Crippen LogP contribution in [0.2, 0.25) is 0 Å². The molecule has 0 aliphatic heterocycles. The van der Waals surface area contributed by atoms with Crippen molar-refractivity contribution in [3.05, 3.63) is 72.7 Å². The van der Waals surface area contributed by atoms with Crippen LogP contribution < -0.4 is 10.1 Å². The molecule has 0 aliphatic carbocycles. The van der Waals surface area contributed by atoms with Crippen molar-refractivity contribution in [1.82, 2.24) is 19.7 Å². The number of anilines is 2. The smallest absolute Gasteiger partial charge is 0.406 e. The van der Waals surface area contributed by atoms with Crippen LogP contribution >= 0.6 is 0 Å². The molecule has 2 heterocycles. The van der Waals surface area contributed by atoms with Gasteiger partial charge in [0.15, 0.2) is 5.65 Å². The van der Waals surface area contributed by atoms with Crippen LogP contribution in [0.5, 0.6) is 5.75 Å². The van der Waals surface area contributed by atoms with Crippen LogP contribution in [0.15, 0.2) is 67.1 Å². The summed E-state index contributed by atoms with van der Waals surface area (Å²) in [6.07, 6.45) is -1.52. The molecule has 2 aromatic carbocycles. The first kappa shape index (κ1) is 17.8. The molecule has 0 spiro atoms. The second kappa shape index (κ2) is 7.18. The topological polar surface area (TPSA) is 64.9 Å². The van der Waals surface area contributed by atoms with Crippen molar-refractivity contribution in [2.75, 3.05) is 5.32 Å². The maximum absolute atomic E-state index is 12.3. The predicted molar refractivity (Wildman–Crippen MR) is 97.3 cm³/mol. The first-order chi connectivity index (χ1) is 13.5. The second-order valence-electron chi connectivity index (χ2n) is 5.97. The molecule has 0 fully saturated rings. The fourth-order valence-electron chi connectivity index (χ4n) is 2.71. The van der Waals surface area contributed by atoms with Crippen LogP contribution in [0.25, 0.3) is 11.0 Å². The number of benzene rings is 2. The van der Waals surface area contributed by atoms with E-state index in [1.54, 1.807) is 4.68 Å². The molecule has 4 rings (SSSR count). The zero-order chi connectivity index (χ0) is 19.6. The minimum atomic E-state index is -4.72. The summed E-state index contributed by atoms with van der Waals surface area (Å²) in [4.78, 5) is 8.39. The van der Waals surface area contributed by atoms with Crippen molar-refractivity contribution < 1.29 is 17.9 Å². The van der Waals surface area contributed by atoms with Gasteiger partial charge in [0.05, 0.1) is 11.9 Å². The maximum atomic E-state index is 12.3. The number of hydrogen-bond acceptors (Lipinski definition) is 5. The van der Waals surface area contributed by atoms with Gasteiger partial charge in [-0.25, -0.2) is 9.97 Å². The molecular formula is C19H14F3N5O. The summed E-state index contributed by atoms with van der Waals surface area (Å²) in [6.45, 7) is 0.583. The molecule has 28 heavy (non-hydrogen) atoms. The van der Waals surface area contributed by atoms with E-state index in [9.17, 15) is 13.2 Å². The van der Waals surface area contributed by atoms with Gasteiger partial charge in [-0.1, -0.05) is 30.3 Å². The van der Waals surface area contributed by atoms with Gasteiger partial charge >= 0.3 is 6.36 Å². The van der Waals surface area contributed by atoms with Crippen molar-refractivity contribution in [2.24, 2.45) is 0 Å². The van der Waals surface area contributed by atoms with Gasteiger partial charge in [0.1, 0.15) is 17.9 Å². The molecule has 142 valence electrons. The van der Waals surface area contributed by atoms with Gasteiger partial charge in [-0.3, -0.25) is 4.68 Å². The Bertz CT molecular complexity index is 1080. The Morgan fingerprint density at radius 2 is 1.71 bits per heavy atom. The number of nitrogens with one attached hydrogen (secondary N) is 1. The van der Waals surface area contributed by atoms with E-state index in [2.05, 4.69) is 25.1 Å². The molecule has 0 bridgehead atoms. The Morgan fingerprint density at radius 1 is 0.964 bits per heavy atom. The first-order valence-corrected chi connectivity index (χ1v) is 8.31. The average molecular weight is 385 g/mol. The monoisotopic (exact) mass is 385 g/mol. The summed E-state index contributed by atoms with van der Waals surface area (Å²) < 4.78 is 42.4. The normalized spacial score (nSPS) is 11.5. The lowest BCUT2D eigenvalue weighted by Gasteiger charge is -2.10. The Balaban J connectivity index is 1.55. The molecule has 0 amide bonds. The Labute approximate surface area is 157 Å². The molecule has 4 aromatic rings. The van der Waals surface area contributed by atoms with Gasteiger partial charge in [0, 0.05) is 11.9 Å². The van der Waals surface area contributed by atoms with Gasteiger partial charge in [0.2, 0.25) is 0 Å². The molecule has 0 unspecified atom stereocenters. The third-order valence-corrected chi connectivity index (χ3v) is 3.90. The minimum absolute atomic E-state index is 0.290. The number of rotatable bonds is 5. The lowest BCUT2D eigenvalue weighted by Crippen LogP contribution is -2.16. The van der Waals surface area contributed by atoms with E-state index < -0.39 is 6.36 Å². The lowest BCUT2D eigenvalue weighted by molar-refractivity contribution is -0.274. The van der Waals surface area contributed by atoms with E-state index in [0.29, 0.717) is 29.1 Å². The molecule has 1 N–H and O–H groups in total. The molecular weight excluding hydrogens is 371 g/mol. The number of alkyl halides is 3. The Hall–Kier alpha value is -3.62. The summed E-state index contributed by atoms with van der Waals surface area (Å²) in [6, 6.07) is 15.3. The first-order valence-electron chi connectivity index (χ1n) is 8.31. The van der Waals surface area contributed by atoms with Crippen LogP contribution in [0.1, 0.15) is 5.56 Å². The van der Waals surface area contributed by atoms with Crippen LogP contribution in [0, 0.1) is 0 Å². The lowest BCUT2D eigenvalue weighted by atomic mass is 10.2. The number of fused-ring (bicyclic) bond motifs is 1. The highest BCUT2D eigenvalue weighted by molar-refractivity contribution is 5.87. The van der Waals surface area contributed by atoms with Gasteiger partial charge in [-0.15, -0.1) is 13.2 Å². The van der Waals surface area contributed by atoms with Crippen molar-refractivity contribution in [3.8, 4) is 5.75 Å². The summed E-state index contributed by atoms with van der Waals surface area (Å²) in [5.74, 6) is 0.218.